The number of hydrogen-bond donors (Lipinski definition) is 0. The molecule has 0 heterocycles. The largest absolute Gasteiger partial charge is 0.298 e. The van der Waals surface area contributed by atoms with E-state index in [1.807, 2.05) is 0 Å². The molecule has 0 unspecified atom stereocenters. The van der Waals surface area contributed by atoms with Crippen molar-refractivity contribution in [2.24, 2.45) is 0 Å². The third-order valence-corrected chi connectivity index (χ3v) is 2.69. The maximum absolute atomic E-state index is 11.8. The summed E-state index contributed by atoms with van der Waals surface area (Å²) in [5.74, 6) is 5.21. The minimum absolute atomic E-state index is 0.270. The number of ketones is 1. The summed E-state index contributed by atoms with van der Waals surface area (Å²) in [6.45, 7) is 2.16. The van der Waals surface area contributed by atoms with Crippen molar-refractivity contribution in [2.45, 2.75) is 39.0 Å². The predicted molar refractivity (Wildman–Crippen MR) is 72.7 cm³/mol. The van der Waals surface area contributed by atoms with Crippen LogP contribution < -0.4 is 0 Å². The fraction of sp³-hybridized carbons (Fsp3) is 0.375. The first-order valence-electron chi connectivity index (χ1n) is 6.37. The molecule has 0 aliphatic rings. The van der Waals surface area contributed by atoms with Crippen molar-refractivity contribution in [2.75, 3.05) is 0 Å². The van der Waals surface area contributed by atoms with E-state index < -0.39 is 0 Å². The maximum atomic E-state index is 11.8. The number of carbonyl (C=O) groups excluding carboxylic acids is 2. The van der Waals surface area contributed by atoms with Crippen molar-refractivity contribution in [1.82, 2.24) is 0 Å². The average molecular weight is 242 g/mol. The van der Waals surface area contributed by atoms with Crippen molar-refractivity contribution in [3.63, 3.8) is 0 Å². The van der Waals surface area contributed by atoms with Crippen molar-refractivity contribution in [1.29, 1.82) is 0 Å². The van der Waals surface area contributed by atoms with Gasteiger partial charge in [0, 0.05) is 17.5 Å². The highest BCUT2D eigenvalue weighted by atomic mass is 16.1. The Morgan fingerprint density at radius 1 is 1.22 bits per heavy atom. The van der Waals surface area contributed by atoms with Gasteiger partial charge in [-0.1, -0.05) is 50.3 Å². The Morgan fingerprint density at radius 3 is 2.72 bits per heavy atom. The monoisotopic (exact) mass is 242 g/mol. The number of Topliss-reactive ketones (excluding diaryl/α,β-unsaturated/α-hetero) is 1. The Balaban J connectivity index is 2.55. The number of rotatable bonds is 6. The van der Waals surface area contributed by atoms with Gasteiger partial charge in [-0.2, -0.15) is 0 Å². The molecule has 2 nitrogen and oxygen atoms in total. The Bertz CT molecular complexity index is 463. The van der Waals surface area contributed by atoms with E-state index in [2.05, 4.69) is 18.8 Å². The summed E-state index contributed by atoms with van der Waals surface area (Å²) >= 11 is 0. The lowest BCUT2D eigenvalue weighted by atomic mass is 10.0. The van der Waals surface area contributed by atoms with E-state index in [4.69, 9.17) is 0 Å². The lowest BCUT2D eigenvalue weighted by molar-refractivity contribution is 0.104. The summed E-state index contributed by atoms with van der Waals surface area (Å²) in [6, 6.07) is 6.74. The van der Waals surface area contributed by atoms with Gasteiger partial charge in [0.25, 0.3) is 0 Å². The molecule has 1 rings (SSSR count). The predicted octanol–water partition coefficient (Wildman–Crippen LogP) is 3.66. The lowest BCUT2D eigenvalue weighted by Gasteiger charge is -1.97. The molecule has 1 aromatic rings. The topological polar surface area (TPSA) is 34.1 Å². The van der Waals surface area contributed by atoms with Gasteiger partial charge in [0.15, 0.2) is 6.29 Å². The highest BCUT2D eigenvalue weighted by Gasteiger charge is 2.06. The summed E-state index contributed by atoms with van der Waals surface area (Å²) in [5, 5.41) is 0. The van der Waals surface area contributed by atoms with Crippen LogP contribution in [0.3, 0.4) is 0 Å². The summed E-state index contributed by atoms with van der Waals surface area (Å²) in [6.07, 6.45) is 6.03. The molecule has 0 N–H and O–H groups in total. The molecule has 0 amide bonds. The first-order valence-corrected chi connectivity index (χ1v) is 6.37. The van der Waals surface area contributed by atoms with Crippen molar-refractivity contribution in [3.8, 4) is 11.8 Å². The summed E-state index contributed by atoms with van der Waals surface area (Å²) in [7, 11) is 0. The number of unbranched alkanes of at least 4 members (excludes halogenated alkanes) is 4. The van der Waals surface area contributed by atoms with E-state index in [0.717, 1.165) is 19.3 Å². The van der Waals surface area contributed by atoms with Crippen LogP contribution in [0.1, 0.15) is 59.7 Å². The van der Waals surface area contributed by atoms with Crippen molar-refractivity contribution >= 4 is 12.1 Å². The molecule has 0 fully saturated rings. The molecule has 0 saturated carbocycles. The van der Waals surface area contributed by atoms with Gasteiger partial charge in [0.05, 0.1) is 0 Å². The molecule has 2 heteroatoms. The third-order valence-electron chi connectivity index (χ3n) is 2.69. The van der Waals surface area contributed by atoms with E-state index in [1.165, 1.54) is 12.8 Å². The van der Waals surface area contributed by atoms with E-state index in [-0.39, 0.29) is 5.78 Å². The number of carbonyl (C=O) groups is 2. The van der Waals surface area contributed by atoms with E-state index >= 15 is 0 Å². The van der Waals surface area contributed by atoms with Crippen molar-refractivity contribution < 1.29 is 9.59 Å². The van der Waals surface area contributed by atoms with Gasteiger partial charge in [-0.15, -0.1) is 0 Å². The van der Waals surface area contributed by atoms with Crippen LogP contribution in [0.5, 0.6) is 0 Å². The summed E-state index contributed by atoms with van der Waals surface area (Å²) in [4.78, 5) is 22.6. The molecule has 0 bridgehead atoms. The van der Waals surface area contributed by atoms with E-state index in [0.29, 0.717) is 17.4 Å². The van der Waals surface area contributed by atoms with Crippen LogP contribution in [0.15, 0.2) is 24.3 Å². The van der Waals surface area contributed by atoms with Crippen molar-refractivity contribution in [3.05, 3.63) is 35.4 Å². The highest BCUT2D eigenvalue weighted by Crippen LogP contribution is 2.07. The van der Waals surface area contributed by atoms with Gasteiger partial charge in [-0.05, 0) is 18.4 Å². The van der Waals surface area contributed by atoms with Crippen LogP contribution in [0.25, 0.3) is 0 Å². The first kappa shape index (κ1) is 14.2. The number of benzene rings is 1. The first-order chi connectivity index (χ1) is 8.79. The van der Waals surface area contributed by atoms with Crippen LogP contribution in [0, 0.1) is 11.8 Å². The van der Waals surface area contributed by atoms with E-state index in [9.17, 15) is 9.59 Å². The van der Waals surface area contributed by atoms with Crippen LogP contribution in [0.2, 0.25) is 0 Å². The second-order valence-corrected chi connectivity index (χ2v) is 4.15. The molecule has 1 aromatic carbocycles. The zero-order valence-electron chi connectivity index (χ0n) is 10.7. The Morgan fingerprint density at radius 2 is 2.00 bits per heavy atom. The van der Waals surface area contributed by atoms with Gasteiger partial charge in [0.1, 0.15) is 0 Å². The Labute approximate surface area is 108 Å². The smallest absolute Gasteiger partial charge is 0.236 e. The Kier molecular flexibility index (Phi) is 6.50. The quantitative estimate of drug-likeness (QED) is 0.251. The molecule has 0 saturated heterocycles. The molecule has 94 valence electrons. The highest BCUT2D eigenvalue weighted by molar-refractivity contribution is 6.12. The van der Waals surface area contributed by atoms with E-state index in [1.54, 1.807) is 24.3 Å². The molecule has 0 radical (unpaired) electrons. The molecular formula is C16H18O2. The average Bonchev–Trinajstić information content (AvgIpc) is 2.42. The van der Waals surface area contributed by atoms with Crippen LogP contribution in [-0.2, 0) is 0 Å². The molecule has 0 spiro atoms. The zero-order valence-corrected chi connectivity index (χ0v) is 10.7. The lowest BCUT2D eigenvalue weighted by Crippen LogP contribution is -2.00. The molecule has 0 aliphatic heterocycles. The molecule has 0 aromatic heterocycles. The van der Waals surface area contributed by atoms with Crippen LogP contribution in [-0.4, -0.2) is 12.1 Å². The van der Waals surface area contributed by atoms with Gasteiger partial charge >= 0.3 is 0 Å². The molecule has 0 atom stereocenters. The SMILES string of the molecule is CCCCCCC#CC(=O)c1ccccc1C=O. The maximum Gasteiger partial charge on any atom is 0.236 e. The number of aldehydes is 1. The van der Waals surface area contributed by atoms with Gasteiger partial charge in [-0.3, -0.25) is 9.59 Å². The normalized spacial score (nSPS) is 9.39. The standard InChI is InChI=1S/C16H18O2/c1-2-3-4-5-6-7-12-16(18)15-11-9-8-10-14(15)13-17/h8-11,13H,2-6H2,1H3. The second-order valence-electron chi connectivity index (χ2n) is 4.15. The Hall–Kier alpha value is -1.88. The molecular weight excluding hydrogens is 224 g/mol. The summed E-state index contributed by atoms with van der Waals surface area (Å²) < 4.78 is 0. The molecule has 0 aliphatic carbocycles. The third kappa shape index (κ3) is 4.55. The minimum Gasteiger partial charge on any atom is -0.298 e. The zero-order chi connectivity index (χ0) is 13.2. The van der Waals surface area contributed by atoms with Gasteiger partial charge < -0.3 is 0 Å². The molecule has 18 heavy (non-hydrogen) atoms. The minimum atomic E-state index is -0.270. The number of hydrogen-bond acceptors (Lipinski definition) is 2. The second kappa shape index (κ2) is 8.25. The summed E-state index contributed by atoms with van der Waals surface area (Å²) in [5.41, 5.74) is 0.802. The van der Waals surface area contributed by atoms with Crippen LogP contribution >= 0.6 is 0 Å². The van der Waals surface area contributed by atoms with Crippen LogP contribution in [0.4, 0.5) is 0 Å². The van der Waals surface area contributed by atoms with Gasteiger partial charge in [-0.25, -0.2) is 0 Å². The van der Waals surface area contributed by atoms with Gasteiger partial charge in [0.2, 0.25) is 5.78 Å². The fourth-order valence-electron chi connectivity index (χ4n) is 1.66. The fourth-order valence-corrected chi connectivity index (χ4v) is 1.66.